The fraction of sp³-hybridized carbons (Fsp3) is 0. The maximum Gasteiger partial charge on any atom is 0.150 e. The van der Waals surface area contributed by atoms with E-state index in [1.54, 1.807) is 6.07 Å². The molecule has 27 heavy (non-hydrogen) atoms. The monoisotopic (exact) mass is 350 g/mol. The predicted molar refractivity (Wildman–Crippen MR) is 111 cm³/mol. The van der Waals surface area contributed by atoms with Gasteiger partial charge in [0, 0.05) is 6.21 Å². The van der Waals surface area contributed by atoms with Crippen molar-refractivity contribution in [1.82, 2.24) is 4.98 Å². The molecule has 0 amide bonds. The summed E-state index contributed by atoms with van der Waals surface area (Å²) < 4.78 is 13.6. The molecule has 0 saturated heterocycles. The maximum atomic E-state index is 13.6. The third-order valence-electron chi connectivity index (χ3n) is 5.01. The average Bonchev–Trinajstić information content (AvgIpc) is 2.71. The Morgan fingerprint density at radius 1 is 0.778 bits per heavy atom. The maximum absolute atomic E-state index is 13.6. The van der Waals surface area contributed by atoms with Crippen molar-refractivity contribution in [3.63, 3.8) is 0 Å². The normalized spacial score (nSPS) is 11.9. The molecule has 0 atom stereocenters. The van der Waals surface area contributed by atoms with Gasteiger partial charge in [-0.2, -0.15) is 0 Å². The van der Waals surface area contributed by atoms with Crippen LogP contribution in [0.5, 0.6) is 0 Å². The summed E-state index contributed by atoms with van der Waals surface area (Å²) in [5.41, 5.74) is 1.77. The minimum atomic E-state index is -0.482. The summed E-state index contributed by atoms with van der Waals surface area (Å²) in [7, 11) is 0. The number of benzene rings is 4. The molecule has 0 aliphatic rings. The van der Waals surface area contributed by atoms with Crippen LogP contribution in [0.3, 0.4) is 0 Å². The first-order valence-electron chi connectivity index (χ1n) is 8.76. The number of pyridine rings is 1. The molecule has 0 spiro atoms. The third-order valence-corrected chi connectivity index (χ3v) is 5.01. The van der Waals surface area contributed by atoms with E-state index in [2.05, 4.69) is 59.6 Å². The molecule has 4 aromatic carbocycles. The standard InChI is InChI=1S/C24H15FN2/c25-21-12-11-19(27-22(21)14-26)10-9-17-13-18-5-1-3-15-7-8-16-4-2-6-20(17)24(16)23(15)18/h1-14,26H/b10-9+,26-14?. The molecule has 0 bridgehead atoms. The van der Waals surface area contributed by atoms with Crippen molar-refractivity contribution >= 4 is 50.7 Å². The third kappa shape index (κ3) is 2.48. The second-order valence-electron chi connectivity index (χ2n) is 6.60. The lowest BCUT2D eigenvalue weighted by Crippen LogP contribution is -1.94. The molecular weight excluding hydrogens is 335 g/mol. The Balaban J connectivity index is 1.74. The van der Waals surface area contributed by atoms with E-state index in [-0.39, 0.29) is 5.69 Å². The van der Waals surface area contributed by atoms with Crippen LogP contribution in [0, 0.1) is 11.2 Å². The fourth-order valence-corrected chi connectivity index (χ4v) is 3.77. The van der Waals surface area contributed by atoms with Crippen LogP contribution < -0.4 is 0 Å². The van der Waals surface area contributed by atoms with Crippen LogP contribution in [-0.2, 0) is 0 Å². The zero-order chi connectivity index (χ0) is 18.4. The average molecular weight is 350 g/mol. The molecular formula is C24H15FN2. The number of rotatable bonds is 3. The molecule has 2 nitrogen and oxygen atoms in total. The lowest BCUT2D eigenvalue weighted by atomic mass is 9.91. The van der Waals surface area contributed by atoms with Crippen LogP contribution in [0.1, 0.15) is 17.0 Å². The molecule has 0 saturated carbocycles. The Kier molecular flexibility index (Phi) is 3.47. The number of hydrogen-bond donors (Lipinski definition) is 1. The Labute approximate surface area is 155 Å². The van der Waals surface area contributed by atoms with E-state index in [0.717, 1.165) is 11.8 Å². The topological polar surface area (TPSA) is 36.7 Å². The van der Waals surface area contributed by atoms with Crippen LogP contribution in [0.15, 0.2) is 66.7 Å². The van der Waals surface area contributed by atoms with Crippen molar-refractivity contribution in [2.75, 3.05) is 0 Å². The van der Waals surface area contributed by atoms with E-state index < -0.39 is 5.82 Å². The second-order valence-corrected chi connectivity index (χ2v) is 6.60. The largest absolute Gasteiger partial charge is 0.306 e. The van der Waals surface area contributed by atoms with Crippen molar-refractivity contribution < 1.29 is 4.39 Å². The SMILES string of the molecule is N=Cc1nc(/C=C/c2cc3cccc4ccc5cccc2c5c43)ccc1F. The second kappa shape index (κ2) is 5.99. The number of nitrogens with one attached hydrogen (secondary N) is 1. The van der Waals surface area contributed by atoms with Crippen molar-refractivity contribution in [1.29, 1.82) is 5.41 Å². The Bertz CT molecular complexity index is 1350. The summed E-state index contributed by atoms with van der Waals surface area (Å²) in [5, 5.41) is 14.7. The van der Waals surface area contributed by atoms with E-state index in [1.807, 2.05) is 12.2 Å². The first-order chi connectivity index (χ1) is 13.2. The van der Waals surface area contributed by atoms with Crippen LogP contribution in [0.4, 0.5) is 4.39 Å². The van der Waals surface area contributed by atoms with E-state index in [0.29, 0.717) is 5.69 Å². The number of aromatic nitrogens is 1. The van der Waals surface area contributed by atoms with Gasteiger partial charge in [-0.1, -0.05) is 54.6 Å². The molecule has 3 heteroatoms. The highest BCUT2D eigenvalue weighted by Crippen LogP contribution is 2.36. The van der Waals surface area contributed by atoms with Crippen LogP contribution >= 0.6 is 0 Å². The molecule has 1 aromatic heterocycles. The van der Waals surface area contributed by atoms with E-state index in [9.17, 15) is 4.39 Å². The number of nitrogens with zero attached hydrogens (tertiary/aromatic N) is 1. The van der Waals surface area contributed by atoms with Gasteiger partial charge in [0.15, 0.2) is 0 Å². The van der Waals surface area contributed by atoms with E-state index >= 15 is 0 Å². The zero-order valence-electron chi connectivity index (χ0n) is 14.4. The van der Waals surface area contributed by atoms with Crippen LogP contribution in [0.25, 0.3) is 44.5 Å². The molecule has 0 aliphatic heterocycles. The summed E-state index contributed by atoms with van der Waals surface area (Å²) in [5.74, 6) is -0.482. The first-order valence-corrected chi connectivity index (χ1v) is 8.76. The Hall–Kier alpha value is -3.59. The molecule has 0 radical (unpaired) electrons. The van der Waals surface area contributed by atoms with E-state index in [1.165, 1.54) is 38.4 Å². The van der Waals surface area contributed by atoms with Crippen LogP contribution in [0.2, 0.25) is 0 Å². The summed E-state index contributed by atoms with van der Waals surface area (Å²) in [6.45, 7) is 0. The molecule has 0 aliphatic carbocycles. The minimum Gasteiger partial charge on any atom is -0.306 e. The molecule has 5 rings (SSSR count). The minimum absolute atomic E-state index is 0.0481. The lowest BCUT2D eigenvalue weighted by Gasteiger charge is -2.12. The molecule has 0 unspecified atom stereocenters. The molecule has 1 N–H and O–H groups in total. The number of hydrogen-bond acceptors (Lipinski definition) is 2. The van der Waals surface area contributed by atoms with Crippen LogP contribution in [-0.4, -0.2) is 11.2 Å². The highest BCUT2D eigenvalue weighted by Gasteiger charge is 2.10. The molecule has 0 fully saturated rings. The quantitative estimate of drug-likeness (QED) is 0.301. The molecule has 128 valence electrons. The van der Waals surface area contributed by atoms with Gasteiger partial charge in [-0.25, -0.2) is 9.37 Å². The van der Waals surface area contributed by atoms with Crippen molar-refractivity contribution in [2.24, 2.45) is 0 Å². The smallest absolute Gasteiger partial charge is 0.150 e. The van der Waals surface area contributed by atoms with Gasteiger partial charge in [0.1, 0.15) is 11.5 Å². The van der Waals surface area contributed by atoms with Crippen molar-refractivity contribution in [2.45, 2.75) is 0 Å². The van der Waals surface area contributed by atoms with Crippen molar-refractivity contribution in [3.8, 4) is 0 Å². The summed E-state index contributed by atoms with van der Waals surface area (Å²) in [6, 6.07) is 22.2. The molecule has 1 heterocycles. The van der Waals surface area contributed by atoms with Gasteiger partial charge in [-0.15, -0.1) is 0 Å². The highest BCUT2D eigenvalue weighted by molar-refractivity contribution is 6.24. The molecule has 5 aromatic rings. The van der Waals surface area contributed by atoms with E-state index in [4.69, 9.17) is 5.41 Å². The summed E-state index contributed by atoms with van der Waals surface area (Å²) in [4.78, 5) is 4.18. The highest BCUT2D eigenvalue weighted by atomic mass is 19.1. The number of halogens is 1. The Morgan fingerprint density at radius 2 is 1.52 bits per heavy atom. The summed E-state index contributed by atoms with van der Waals surface area (Å²) >= 11 is 0. The van der Waals surface area contributed by atoms with Gasteiger partial charge in [0.25, 0.3) is 0 Å². The zero-order valence-corrected chi connectivity index (χ0v) is 14.4. The van der Waals surface area contributed by atoms with Gasteiger partial charge in [-0.05, 0) is 62.2 Å². The predicted octanol–water partition coefficient (Wildman–Crippen LogP) is 6.29. The first kappa shape index (κ1) is 15.6. The van der Waals surface area contributed by atoms with Gasteiger partial charge in [0.05, 0.1) is 5.69 Å². The lowest BCUT2D eigenvalue weighted by molar-refractivity contribution is 0.618. The van der Waals surface area contributed by atoms with Gasteiger partial charge < -0.3 is 5.41 Å². The van der Waals surface area contributed by atoms with Crippen molar-refractivity contribution in [3.05, 3.63) is 89.5 Å². The Morgan fingerprint density at radius 3 is 2.33 bits per heavy atom. The summed E-state index contributed by atoms with van der Waals surface area (Å²) in [6.07, 6.45) is 4.81. The fourth-order valence-electron chi connectivity index (χ4n) is 3.77. The van der Waals surface area contributed by atoms with Gasteiger partial charge >= 0.3 is 0 Å². The van der Waals surface area contributed by atoms with Gasteiger partial charge in [0.2, 0.25) is 0 Å². The van der Waals surface area contributed by atoms with Gasteiger partial charge in [-0.3, -0.25) is 0 Å².